The predicted molar refractivity (Wildman–Crippen MR) is 79.0 cm³/mol. The molecule has 0 bridgehead atoms. The summed E-state index contributed by atoms with van der Waals surface area (Å²) in [6.45, 7) is 7.84. The molecule has 1 unspecified atom stereocenters. The van der Waals surface area contributed by atoms with Gasteiger partial charge in [-0.2, -0.15) is 5.10 Å². The summed E-state index contributed by atoms with van der Waals surface area (Å²) >= 11 is 0. The van der Waals surface area contributed by atoms with Crippen LogP contribution < -0.4 is 4.74 Å². The van der Waals surface area contributed by atoms with Crippen LogP contribution in [-0.4, -0.2) is 22.0 Å². The molecule has 0 radical (unpaired) electrons. The van der Waals surface area contributed by atoms with Gasteiger partial charge >= 0.3 is 0 Å². The topological polar surface area (TPSA) is 47.3 Å². The van der Waals surface area contributed by atoms with E-state index in [2.05, 4.69) is 5.10 Å². The fraction of sp³-hybridized carbons (Fsp3) is 0.438. The van der Waals surface area contributed by atoms with Crippen LogP contribution in [0.2, 0.25) is 0 Å². The minimum absolute atomic E-state index is 0.143. The van der Waals surface area contributed by atoms with E-state index in [4.69, 9.17) is 4.74 Å². The number of benzene rings is 1. The molecule has 0 amide bonds. The average molecular weight is 274 g/mol. The maximum Gasteiger partial charge on any atom is 0.163 e. The second-order valence-electron chi connectivity index (χ2n) is 5.49. The van der Waals surface area contributed by atoms with Crippen molar-refractivity contribution in [3.8, 4) is 5.75 Å². The number of aliphatic hydroxyl groups is 1. The molecule has 0 spiro atoms. The fourth-order valence-electron chi connectivity index (χ4n) is 2.60. The number of ether oxygens (including phenoxy) is 1. The molecule has 2 aromatic rings. The summed E-state index contributed by atoms with van der Waals surface area (Å²) in [6, 6.07) is 7.97. The van der Waals surface area contributed by atoms with Gasteiger partial charge in [0.2, 0.25) is 0 Å². The van der Waals surface area contributed by atoms with E-state index >= 15 is 0 Å². The van der Waals surface area contributed by atoms with Crippen molar-refractivity contribution in [1.29, 1.82) is 0 Å². The lowest BCUT2D eigenvalue weighted by molar-refractivity contribution is 0.0861. The zero-order chi connectivity index (χ0) is 14.9. The SMILES string of the molecule is COc1cnn(C(C)C)c1C(C)(O)c1ccccc1C. The van der Waals surface area contributed by atoms with Gasteiger partial charge in [-0.3, -0.25) is 4.68 Å². The third-order valence-corrected chi connectivity index (χ3v) is 3.60. The van der Waals surface area contributed by atoms with Gasteiger partial charge in [-0.25, -0.2) is 0 Å². The quantitative estimate of drug-likeness (QED) is 0.932. The lowest BCUT2D eigenvalue weighted by Crippen LogP contribution is -2.29. The van der Waals surface area contributed by atoms with E-state index in [0.717, 1.165) is 11.1 Å². The molecule has 108 valence electrons. The Morgan fingerprint density at radius 1 is 1.30 bits per heavy atom. The van der Waals surface area contributed by atoms with Crippen LogP contribution in [0.5, 0.6) is 5.75 Å². The zero-order valence-electron chi connectivity index (χ0n) is 12.7. The second kappa shape index (κ2) is 5.29. The molecule has 4 heteroatoms. The Morgan fingerprint density at radius 3 is 2.50 bits per heavy atom. The standard InChI is InChI=1S/C16H22N2O2/c1-11(2)18-15(14(20-5)10-17-18)16(4,19)13-9-7-6-8-12(13)3/h6-11,19H,1-5H3. The van der Waals surface area contributed by atoms with E-state index in [0.29, 0.717) is 11.4 Å². The largest absolute Gasteiger partial charge is 0.493 e. The minimum atomic E-state index is -1.16. The van der Waals surface area contributed by atoms with Crippen molar-refractivity contribution in [1.82, 2.24) is 9.78 Å². The molecular formula is C16H22N2O2. The molecule has 4 nitrogen and oxygen atoms in total. The first-order valence-corrected chi connectivity index (χ1v) is 6.80. The highest BCUT2D eigenvalue weighted by molar-refractivity contribution is 5.42. The molecule has 0 saturated heterocycles. The van der Waals surface area contributed by atoms with Crippen molar-refractivity contribution < 1.29 is 9.84 Å². The number of aromatic nitrogens is 2. The Morgan fingerprint density at radius 2 is 1.95 bits per heavy atom. The maximum atomic E-state index is 11.1. The van der Waals surface area contributed by atoms with Crippen LogP contribution in [0.4, 0.5) is 0 Å². The smallest absolute Gasteiger partial charge is 0.163 e. The highest BCUT2D eigenvalue weighted by Crippen LogP contribution is 2.37. The van der Waals surface area contributed by atoms with Crippen LogP contribution in [0.15, 0.2) is 30.5 Å². The molecule has 1 heterocycles. The third kappa shape index (κ3) is 2.31. The van der Waals surface area contributed by atoms with Crippen molar-refractivity contribution in [2.75, 3.05) is 7.11 Å². The van der Waals surface area contributed by atoms with E-state index in [9.17, 15) is 5.11 Å². The highest BCUT2D eigenvalue weighted by Gasteiger charge is 2.35. The lowest BCUT2D eigenvalue weighted by atomic mass is 9.88. The van der Waals surface area contributed by atoms with Gasteiger partial charge in [-0.1, -0.05) is 24.3 Å². The van der Waals surface area contributed by atoms with Gasteiger partial charge in [0, 0.05) is 6.04 Å². The first-order chi connectivity index (χ1) is 9.39. The van der Waals surface area contributed by atoms with Gasteiger partial charge in [-0.05, 0) is 38.8 Å². The summed E-state index contributed by atoms with van der Waals surface area (Å²) in [5.41, 5.74) is 1.43. The summed E-state index contributed by atoms with van der Waals surface area (Å²) in [5.74, 6) is 0.604. The van der Waals surface area contributed by atoms with E-state index < -0.39 is 5.60 Å². The van der Waals surface area contributed by atoms with Crippen molar-refractivity contribution >= 4 is 0 Å². The van der Waals surface area contributed by atoms with Gasteiger partial charge in [0.1, 0.15) is 11.3 Å². The molecule has 0 fully saturated rings. The van der Waals surface area contributed by atoms with Gasteiger partial charge < -0.3 is 9.84 Å². The summed E-state index contributed by atoms with van der Waals surface area (Å²) in [7, 11) is 1.60. The summed E-state index contributed by atoms with van der Waals surface area (Å²) < 4.78 is 7.19. The third-order valence-electron chi connectivity index (χ3n) is 3.60. The van der Waals surface area contributed by atoms with E-state index in [1.54, 1.807) is 20.2 Å². The Kier molecular flexibility index (Phi) is 3.86. The Hall–Kier alpha value is -1.81. The fourth-order valence-corrected chi connectivity index (χ4v) is 2.60. The van der Waals surface area contributed by atoms with E-state index in [1.807, 2.05) is 49.7 Å². The van der Waals surface area contributed by atoms with Crippen LogP contribution >= 0.6 is 0 Å². The molecular weight excluding hydrogens is 252 g/mol. The number of hydrogen-bond donors (Lipinski definition) is 1. The molecule has 1 aromatic heterocycles. The van der Waals surface area contributed by atoms with Crippen LogP contribution in [-0.2, 0) is 5.60 Å². The molecule has 0 aliphatic rings. The minimum Gasteiger partial charge on any atom is -0.493 e. The number of aryl methyl sites for hydroxylation is 1. The van der Waals surface area contributed by atoms with E-state index in [1.165, 1.54) is 0 Å². The lowest BCUT2D eigenvalue weighted by Gasteiger charge is -2.28. The van der Waals surface area contributed by atoms with Crippen LogP contribution in [0.25, 0.3) is 0 Å². The predicted octanol–water partition coefficient (Wildman–Crippen LogP) is 3.04. The van der Waals surface area contributed by atoms with Gasteiger partial charge in [0.25, 0.3) is 0 Å². The number of methoxy groups -OCH3 is 1. The molecule has 1 atom stereocenters. The van der Waals surface area contributed by atoms with Crippen molar-refractivity contribution in [2.45, 2.75) is 39.3 Å². The average Bonchev–Trinajstić information content (AvgIpc) is 2.83. The Balaban J connectivity index is 2.65. The zero-order valence-corrected chi connectivity index (χ0v) is 12.7. The molecule has 0 aliphatic heterocycles. The normalized spacial score (nSPS) is 14.3. The maximum absolute atomic E-state index is 11.1. The highest BCUT2D eigenvalue weighted by atomic mass is 16.5. The Labute approximate surface area is 120 Å². The van der Waals surface area contributed by atoms with E-state index in [-0.39, 0.29) is 6.04 Å². The van der Waals surface area contributed by atoms with Crippen molar-refractivity contribution in [2.24, 2.45) is 0 Å². The number of nitrogens with zero attached hydrogens (tertiary/aromatic N) is 2. The summed E-state index contributed by atoms with van der Waals surface area (Å²) in [6.07, 6.45) is 1.65. The van der Waals surface area contributed by atoms with Crippen molar-refractivity contribution in [3.63, 3.8) is 0 Å². The van der Waals surface area contributed by atoms with Gasteiger partial charge in [0.15, 0.2) is 5.75 Å². The van der Waals surface area contributed by atoms with Gasteiger partial charge in [0.05, 0.1) is 13.3 Å². The second-order valence-corrected chi connectivity index (χ2v) is 5.49. The van der Waals surface area contributed by atoms with Crippen LogP contribution in [0.1, 0.15) is 43.6 Å². The summed E-state index contributed by atoms with van der Waals surface area (Å²) in [5, 5.41) is 15.5. The monoisotopic (exact) mass is 274 g/mol. The van der Waals surface area contributed by atoms with Gasteiger partial charge in [-0.15, -0.1) is 0 Å². The molecule has 2 rings (SSSR count). The summed E-state index contributed by atoms with van der Waals surface area (Å²) in [4.78, 5) is 0. The first-order valence-electron chi connectivity index (χ1n) is 6.80. The number of hydrogen-bond acceptors (Lipinski definition) is 3. The van der Waals surface area contributed by atoms with Crippen LogP contribution in [0, 0.1) is 6.92 Å². The van der Waals surface area contributed by atoms with Crippen LogP contribution in [0.3, 0.4) is 0 Å². The first kappa shape index (κ1) is 14.6. The molecule has 1 N–H and O–H groups in total. The molecule has 20 heavy (non-hydrogen) atoms. The van der Waals surface area contributed by atoms with Crippen molar-refractivity contribution in [3.05, 3.63) is 47.3 Å². The molecule has 0 saturated carbocycles. The Bertz CT molecular complexity index is 600. The molecule has 0 aliphatic carbocycles. The molecule has 1 aromatic carbocycles. The number of rotatable bonds is 4.